The Morgan fingerprint density at radius 1 is 1.02 bits per heavy atom. The van der Waals surface area contributed by atoms with Crippen LogP contribution in [-0.4, -0.2) is 93.5 Å². The molecule has 1 fully saturated rings. The highest BCUT2D eigenvalue weighted by Gasteiger charge is 2.38. The van der Waals surface area contributed by atoms with Gasteiger partial charge in [0.15, 0.2) is 0 Å². The van der Waals surface area contributed by atoms with Crippen molar-refractivity contribution in [3.8, 4) is 11.5 Å². The maximum Gasteiger partial charge on any atom is 0.416 e. The molecule has 16 heteroatoms. The van der Waals surface area contributed by atoms with E-state index in [2.05, 4.69) is 15.3 Å². The van der Waals surface area contributed by atoms with Crippen molar-refractivity contribution in [2.75, 3.05) is 51.5 Å². The molecule has 0 aliphatic heterocycles. The summed E-state index contributed by atoms with van der Waals surface area (Å²) < 4.78 is 97.4. The first-order valence-corrected chi connectivity index (χ1v) is 18.8. The van der Waals surface area contributed by atoms with Crippen LogP contribution in [-0.2, 0) is 22.7 Å². The lowest BCUT2D eigenvalue weighted by Crippen LogP contribution is -2.54. The van der Waals surface area contributed by atoms with Crippen molar-refractivity contribution in [3.63, 3.8) is 0 Å². The molecule has 54 heavy (non-hydrogen) atoms. The zero-order valence-corrected chi connectivity index (χ0v) is 31.8. The van der Waals surface area contributed by atoms with Crippen molar-refractivity contribution < 1.29 is 40.6 Å². The van der Waals surface area contributed by atoms with Gasteiger partial charge in [0, 0.05) is 48.2 Å². The summed E-state index contributed by atoms with van der Waals surface area (Å²) in [5.74, 6) is -0.355. The zero-order chi connectivity index (χ0) is 39.4. The summed E-state index contributed by atoms with van der Waals surface area (Å²) in [4.78, 5) is 11.1. The molecule has 4 aromatic rings. The molecule has 0 amide bonds. The number of hydrogen-bond donors (Lipinski definition) is 2. The predicted octanol–water partition coefficient (Wildman–Crippen LogP) is 6.28. The summed E-state index contributed by atoms with van der Waals surface area (Å²) in [6.45, 7) is 1.72. The van der Waals surface area contributed by atoms with Gasteiger partial charge < -0.3 is 24.8 Å². The van der Waals surface area contributed by atoms with Gasteiger partial charge in [-0.2, -0.15) is 13.2 Å². The van der Waals surface area contributed by atoms with Crippen LogP contribution in [0.25, 0.3) is 0 Å². The Hall–Kier alpha value is -4.51. The van der Waals surface area contributed by atoms with Crippen LogP contribution in [0.2, 0.25) is 0 Å². The number of ether oxygens (including phenoxy) is 2. The van der Waals surface area contributed by atoms with Gasteiger partial charge >= 0.3 is 6.18 Å². The number of alkyl halides is 3. The molecule has 1 aliphatic rings. The highest BCUT2D eigenvalue weighted by molar-refractivity contribution is 7.92. The molecule has 1 heterocycles. The first-order valence-electron chi connectivity index (χ1n) is 17.3. The van der Waals surface area contributed by atoms with Crippen LogP contribution in [0, 0.1) is 12.7 Å². The van der Waals surface area contributed by atoms with Crippen LogP contribution in [0.15, 0.2) is 78.1 Å². The fraction of sp³-hybridized carbons (Fsp3) is 0.421. The number of aryl methyl sites for hydroxylation is 1. The number of halogens is 4. The second-order valence-corrected chi connectivity index (χ2v) is 15.5. The van der Waals surface area contributed by atoms with Gasteiger partial charge in [-0.05, 0) is 94.7 Å². The van der Waals surface area contributed by atoms with Crippen LogP contribution < -0.4 is 19.1 Å². The molecule has 3 aromatic carbocycles. The van der Waals surface area contributed by atoms with Crippen molar-refractivity contribution in [2.45, 2.75) is 68.0 Å². The third kappa shape index (κ3) is 9.22. The number of likely N-dealkylation sites (N-methyl/N-ethyl adjacent to an activating group) is 2. The molecule has 11 nitrogen and oxygen atoms in total. The number of aromatic nitrogens is 2. The molecule has 0 radical (unpaired) electrons. The number of nitrogens with one attached hydrogen (secondary N) is 1. The third-order valence-electron chi connectivity index (χ3n) is 9.84. The average Bonchev–Trinajstić information content (AvgIpc) is 3.14. The lowest BCUT2D eigenvalue weighted by atomic mass is 9.77. The Morgan fingerprint density at radius 3 is 2.43 bits per heavy atom. The minimum Gasteiger partial charge on any atom is -0.497 e. The molecule has 0 saturated heterocycles. The van der Waals surface area contributed by atoms with E-state index in [1.807, 2.05) is 19.0 Å². The predicted molar refractivity (Wildman–Crippen MR) is 198 cm³/mol. The first kappa shape index (κ1) is 40.7. The molecule has 5 rings (SSSR count). The van der Waals surface area contributed by atoms with E-state index in [1.165, 1.54) is 51.0 Å². The third-order valence-corrected chi connectivity index (χ3v) is 11.6. The Morgan fingerprint density at radius 2 is 1.78 bits per heavy atom. The number of rotatable bonds is 14. The van der Waals surface area contributed by atoms with E-state index in [-0.39, 0.29) is 30.4 Å². The van der Waals surface area contributed by atoms with E-state index >= 15 is 4.39 Å². The molecule has 1 saturated carbocycles. The number of hydrogen-bond acceptors (Lipinski definition) is 10. The van der Waals surface area contributed by atoms with Gasteiger partial charge in [0.2, 0.25) is 0 Å². The van der Waals surface area contributed by atoms with Crippen LogP contribution in [0.5, 0.6) is 11.5 Å². The standard InChI is InChI=1S/C38H46F4N6O5S/c1-24-16-35(54(50,51)48(36-14-15-43-23-44-36)21-27-10-12-29(52-5)19-34(27)53-6)30(39)20-32(24)45-31-13-11-26(18-33(31)47(4)37(49)22-46(2)3)25-8-7-9-28(17-25)38(40,41)42/h7-10,12,14-17,19-20,23,26,31,33,37,45,49H,11,13,18,21-22H2,1-6H3/t26-,31?,33?,37?/m0/s1. The van der Waals surface area contributed by atoms with Crippen molar-refractivity contribution in [1.29, 1.82) is 0 Å². The number of methoxy groups -OCH3 is 2. The van der Waals surface area contributed by atoms with E-state index < -0.39 is 38.7 Å². The van der Waals surface area contributed by atoms with Crippen LogP contribution >= 0.6 is 0 Å². The van der Waals surface area contributed by atoms with Crippen molar-refractivity contribution >= 4 is 21.5 Å². The molecule has 292 valence electrons. The zero-order valence-electron chi connectivity index (χ0n) is 31.0. The van der Waals surface area contributed by atoms with E-state index in [9.17, 15) is 26.7 Å². The topological polar surface area (TPSA) is 120 Å². The molecule has 0 bridgehead atoms. The van der Waals surface area contributed by atoms with Gasteiger partial charge in [-0.1, -0.05) is 18.2 Å². The van der Waals surface area contributed by atoms with E-state index in [4.69, 9.17) is 9.47 Å². The number of nitrogens with zero attached hydrogens (tertiary/aromatic N) is 5. The Labute approximate surface area is 313 Å². The van der Waals surface area contributed by atoms with E-state index in [0.717, 1.165) is 16.4 Å². The summed E-state index contributed by atoms with van der Waals surface area (Å²) in [7, 11) is 3.76. The first-order chi connectivity index (χ1) is 25.5. The Kier molecular flexibility index (Phi) is 12.7. The monoisotopic (exact) mass is 774 g/mol. The molecule has 4 atom stereocenters. The number of aliphatic hydroxyl groups is 1. The molecule has 3 unspecified atom stereocenters. The summed E-state index contributed by atoms with van der Waals surface area (Å²) in [6, 6.07) is 13.3. The van der Waals surface area contributed by atoms with Gasteiger partial charge in [-0.3, -0.25) is 4.90 Å². The number of anilines is 2. The van der Waals surface area contributed by atoms with Crippen LogP contribution in [0.1, 0.15) is 47.4 Å². The van der Waals surface area contributed by atoms with Gasteiger partial charge in [0.25, 0.3) is 10.0 Å². The lowest BCUT2D eigenvalue weighted by molar-refractivity contribution is -0.137. The maximum absolute atomic E-state index is 16.2. The second-order valence-electron chi connectivity index (χ2n) is 13.7. The van der Waals surface area contributed by atoms with Crippen LogP contribution in [0.3, 0.4) is 0 Å². The molecular formula is C38H46F4N6O5S. The average molecular weight is 775 g/mol. The number of aliphatic hydroxyl groups excluding tert-OH is 1. The highest BCUT2D eigenvalue weighted by Crippen LogP contribution is 2.40. The number of benzene rings is 3. The van der Waals surface area contributed by atoms with E-state index in [0.29, 0.717) is 59.7 Å². The lowest BCUT2D eigenvalue weighted by Gasteiger charge is -2.44. The van der Waals surface area contributed by atoms with Crippen molar-refractivity contribution in [2.24, 2.45) is 0 Å². The maximum atomic E-state index is 16.2. The Bertz CT molecular complexity index is 2000. The minimum absolute atomic E-state index is 0.0156. The molecular weight excluding hydrogens is 729 g/mol. The van der Waals surface area contributed by atoms with Gasteiger partial charge in [0.1, 0.15) is 40.6 Å². The molecule has 2 N–H and O–H groups in total. The summed E-state index contributed by atoms with van der Waals surface area (Å²) in [6.07, 6.45) is -1.38. The minimum atomic E-state index is -4.57. The number of sulfonamides is 1. The van der Waals surface area contributed by atoms with Gasteiger partial charge in [-0.15, -0.1) is 0 Å². The molecule has 0 spiro atoms. The largest absolute Gasteiger partial charge is 0.497 e. The molecule has 1 aromatic heterocycles. The highest BCUT2D eigenvalue weighted by atomic mass is 32.2. The fourth-order valence-electron chi connectivity index (χ4n) is 6.90. The van der Waals surface area contributed by atoms with Crippen molar-refractivity contribution in [1.82, 2.24) is 19.8 Å². The normalized spacial score (nSPS) is 18.4. The second kappa shape index (κ2) is 16.9. The van der Waals surface area contributed by atoms with Gasteiger partial charge in [-0.25, -0.2) is 27.1 Å². The molecule has 1 aliphatic carbocycles. The van der Waals surface area contributed by atoms with Crippen LogP contribution in [0.4, 0.5) is 29.1 Å². The Balaban J connectivity index is 1.46. The summed E-state index contributed by atoms with van der Waals surface area (Å²) in [5, 5.41) is 14.5. The van der Waals surface area contributed by atoms with Gasteiger partial charge in [0.05, 0.1) is 26.3 Å². The SMILES string of the molecule is COc1ccc(CN(c2ccncn2)S(=O)(=O)c2cc(C)c(NC3CC[C@H](c4cccc(C(F)(F)F)c4)CC3N(C)C(O)CN(C)C)cc2F)c(OC)c1. The summed E-state index contributed by atoms with van der Waals surface area (Å²) in [5.41, 5.74) is 1.10. The summed E-state index contributed by atoms with van der Waals surface area (Å²) >= 11 is 0. The fourth-order valence-corrected chi connectivity index (χ4v) is 8.43. The van der Waals surface area contributed by atoms with E-state index in [1.54, 1.807) is 43.1 Å². The smallest absolute Gasteiger partial charge is 0.416 e. The van der Waals surface area contributed by atoms with Crippen molar-refractivity contribution in [3.05, 3.63) is 101 Å². The quantitative estimate of drug-likeness (QED) is 0.112.